The van der Waals surface area contributed by atoms with E-state index in [0.717, 1.165) is 11.1 Å². The number of benzene rings is 2. The first-order chi connectivity index (χ1) is 18.9. The molecule has 1 saturated heterocycles. The zero-order valence-electron chi connectivity index (χ0n) is 21.5. The maximum Gasteiger partial charge on any atom is 0.281 e. The van der Waals surface area contributed by atoms with Crippen LogP contribution in [0.4, 0.5) is 0 Å². The minimum absolute atomic E-state index is 0.221. The van der Waals surface area contributed by atoms with Crippen molar-refractivity contribution in [1.29, 1.82) is 0 Å². The summed E-state index contributed by atoms with van der Waals surface area (Å²) in [6.45, 7) is 4.38. The molecule has 0 bridgehead atoms. The Morgan fingerprint density at radius 1 is 0.897 bits per heavy atom. The van der Waals surface area contributed by atoms with Crippen molar-refractivity contribution in [1.82, 2.24) is 19.1 Å². The number of rotatable bonds is 9. The molecule has 0 radical (unpaired) electrons. The van der Waals surface area contributed by atoms with Crippen LogP contribution in [0.2, 0.25) is 0 Å². The van der Waals surface area contributed by atoms with Gasteiger partial charge in [0, 0.05) is 13.8 Å². The Morgan fingerprint density at radius 3 is 2.21 bits per heavy atom. The van der Waals surface area contributed by atoms with Gasteiger partial charge in [-0.15, -0.1) is 0 Å². The maximum atomic E-state index is 13.3. The van der Waals surface area contributed by atoms with Crippen LogP contribution in [-0.2, 0) is 32.1 Å². The summed E-state index contributed by atoms with van der Waals surface area (Å²) in [4.78, 5) is 22.2. The summed E-state index contributed by atoms with van der Waals surface area (Å²) in [6, 6.07) is 19.5. The molecule has 2 aromatic heterocycles. The molecule has 4 atom stereocenters. The number of imidazole rings is 1. The number of nitrogens with zero attached hydrogens (tertiary/aromatic N) is 4. The van der Waals surface area contributed by atoms with Crippen molar-refractivity contribution in [3.63, 3.8) is 0 Å². The van der Waals surface area contributed by atoms with Crippen molar-refractivity contribution in [3.8, 4) is 0 Å². The molecule has 2 aromatic carbocycles. The van der Waals surface area contributed by atoms with Gasteiger partial charge in [0.1, 0.15) is 12.4 Å². The third-order valence-corrected chi connectivity index (χ3v) is 6.50. The van der Waals surface area contributed by atoms with E-state index in [2.05, 4.69) is 9.97 Å². The summed E-state index contributed by atoms with van der Waals surface area (Å²) < 4.78 is 27.7. The lowest BCUT2D eigenvalue weighted by molar-refractivity contribution is -0.0663. The first-order valence-corrected chi connectivity index (χ1v) is 13.3. The number of hydrogen-bond donors (Lipinski definition) is 0. The maximum absolute atomic E-state index is 13.3. The SMILES string of the molecule is CC(=S)O[C@@H]1[C@H](OC(C)=S)[C@@H](COCc2ccccc2)O[C@H]1n1cnc2c(=O)n(Cc3ccccc3)cnc21. The summed E-state index contributed by atoms with van der Waals surface area (Å²) in [5, 5.41) is 0.656. The second kappa shape index (κ2) is 12.1. The van der Waals surface area contributed by atoms with E-state index in [4.69, 9.17) is 43.4 Å². The Balaban J connectivity index is 1.43. The van der Waals surface area contributed by atoms with Crippen LogP contribution >= 0.6 is 24.4 Å². The molecule has 39 heavy (non-hydrogen) atoms. The van der Waals surface area contributed by atoms with Gasteiger partial charge in [0.15, 0.2) is 39.7 Å². The molecule has 1 aliphatic heterocycles. The van der Waals surface area contributed by atoms with Gasteiger partial charge in [-0.3, -0.25) is 13.9 Å². The average Bonchev–Trinajstić information content (AvgIpc) is 3.48. The second-order valence-electron chi connectivity index (χ2n) is 9.20. The standard InChI is InChI=1S/C28H28N4O5S2/c1-18(38)35-24-22(15-34-14-21-11-7-4-8-12-21)37-28(25(24)36-19(2)39)32-17-29-23-26(32)30-16-31(27(23)33)13-20-9-5-3-6-10-20/h3-12,16-17,22,24-25,28H,13-15H2,1-2H3/t22-,24-,25-,28-/m1/s1. The smallest absolute Gasteiger partial charge is 0.281 e. The fourth-order valence-electron chi connectivity index (χ4n) is 4.61. The van der Waals surface area contributed by atoms with E-state index >= 15 is 0 Å². The lowest BCUT2D eigenvalue weighted by Crippen LogP contribution is -2.40. The third kappa shape index (κ3) is 6.22. The van der Waals surface area contributed by atoms with Gasteiger partial charge in [-0.25, -0.2) is 9.97 Å². The fourth-order valence-corrected chi connectivity index (χ4v) is 4.83. The summed E-state index contributed by atoms with van der Waals surface area (Å²) in [5.41, 5.74) is 2.36. The summed E-state index contributed by atoms with van der Waals surface area (Å²) in [6.07, 6.45) is 0.469. The van der Waals surface area contributed by atoms with Gasteiger partial charge in [-0.05, 0) is 35.6 Å². The third-order valence-electron chi connectivity index (χ3n) is 6.30. The van der Waals surface area contributed by atoms with Gasteiger partial charge < -0.3 is 18.9 Å². The Bertz CT molecular complexity index is 1510. The highest BCUT2D eigenvalue weighted by molar-refractivity contribution is 7.80. The molecule has 3 heterocycles. The lowest BCUT2D eigenvalue weighted by Gasteiger charge is -2.25. The van der Waals surface area contributed by atoms with E-state index in [1.54, 1.807) is 18.4 Å². The highest BCUT2D eigenvalue weighted by Gasteiger charge is 2.50. The van der Waals surface area contributed by atoms with Crippen LogP contribution < -0.4 is 5.56 Å². The molecule has 1 aliphatic rings. The van der Waals surface area contributed by atoms with Crippen molar-refractivity contribution in [2.24, 2.45) is 0 Å². The largest absolute Gasteiger partial charge is 0.477 e. The number of aromatic nitrogens is 4. The quantitative estimate of drug-likeness (QED) is 0.277. The summed E-state index contributed by atoms with van der Waals surface area (Å²) in [5.74, 6) is 0. The molecule has 0 amide bonds. The zero-order valence-corrected chi connectivity index (χ0v) is 23.1. The molecule has 0 unspecified atom stereocenters. The van der Waals surface area contributed by atoms with E-state index < -0.39 is 24.5 Å². The Morgan fingerprint density at radius 2 is 1.54 bits per heavy atom. The molecule has 0 saturated carbocycles. The molecule has 1 fully saturated rings. The van der Waals surface area contributed by atoms with E-state index in [0.29, 0.717) is 28.9 Å². The number of ether oxygens (including phenoxy) is 4. The van der Waals surface area contributed by atoms with Crippen molar-refractivity contribution < 1.29 is 18.9 Å². The highest BCUT2D eigenvalue weighted by Crippen LogP contribution is 2.36. The molecule has 5 rings (SSSR count). The average molecular weight is 565 g/mol. The Labute approximate surface area is 236 Å². The second-order valence-corrected chi connectivity index (χ2v) is 10.4. The molecule has 9 nitrogen and oxygen atoms in total. The van der Waals surface area contributed by atoms with Crippen LogP contribution in [0.5, 0.6) is 0 Å². The predicted octanol–water partition coefficient (Wildman–Crippen LogP) is 4.22. The first-order valence-electron chi connectivity index (χ1n) is 12.5. The number of thiocarbonyl (C=S) groups is 2. The van der Waals surface area contributed by atoms with E-state index in [9.17, 15) is 4.79 Å². The van der Waals surface area contributed by atoms with Crippen molar-refractivity contribution >= 4 is 45.7 Å². The molecular formula is C28H28N4O5S2. The highest BCUT2D eigenvalue weighted by atomic mass is 32.1. The Hall–Kier alpha value is -3.51. The molecule has 202 valence electrons. The number of hydrogen-bond acceptors (Lipinski definition) is 9. The van der Waals surface area contributed by atoms with E-state index in [-0.39, 0.29) is 17.7 Å². The van der Waals surface area contributed by atoms with Crippen LogP contribution in [0.3, 0.4) is 0 Å². The van der Waals surface area contributed by atoms with E-state index in [1.807, 2.05) is 60.7 Å². The monoisotopic (exact) mass is 564 g/mol. The normalized spacial score (nSPS) is 20.7. The molecule has 11 heteroatoms. The summed E-state index contributed by atoms with van der Waals surface area (Å²) in [7, 11) is 0. The minimum atomic E-state index is -0.741. The zero-order chi connectivity index (χ0) is 27.4. The Kier molecular flexibility index (Phi) is 8.41. The fraction of sp³-hybridized carbons (Fsp3) is 0.321. The van der Waals surface area contributed by atoms with Gasteiger partial charge in [0.25, 0.3) is 5.56 Å². The van der Waals surface area contributed by atoms with Crippen LogP contribution in [0, 0.1) is 0 Å². The van der Waals surface area contributed by atoms with Gasteiger partial charge in [0.05, 0.1) is 26.1 Å². The van der Waals surface area contributed by atoms with E-state index in [1.165, 1.54) is 17.2 Å². The predicted molar refractivity (Wildman–Crippen MR) is 154 cm³/mol. The first kappa shape index (κ1) is 27.1. The van der Waals surface area contributed by atoms with Crippen LogP contribution in [0.15, 0.2) is 78.1 Å². The van der Waals surface area contributed by atoms with Crippen molar-refractivity contribution in [3.05, 3.63) is 94.8 Å². The molecular weight excluding hydrogens is 536 g/mol. The van der Waals surface area contributed by atoms with Crippen LogP contribution in [0.1, 0.15) is 31.2 Å². The van der Waals surface area contributed by atoms with Gasteiger partial charge >= 0.3 is 0 Å². The van der Waals surface area contributed by atoms with Gasteiger partial charge in [-0.2, -0.15) is 0 Å². The molecule has 0 N–H and O–H groups in total. The van der Waals surface area contributed by atoms with Gasteiger partial charge in [0.2, 0.25) is 0 Å². The van der Waals surface area contributed by atoms with Gasteiger partial charge in [-0.1, -0.05) is 60.7 Å². The molecule has 0 spiro atoms. The van der Waals surface area contributed by atoms with Crippen LogP contribution in [-0.4, -0.2) is 54.1 Å². The summed E-state index contributed by atoms with van der Waals surface area (Å²) >= 11 is 10.5. The van der Waals surface area contributed by atoms with Crippen molar-refractivity contribution in [2.75, 3.05) is 6.61 Å². The molecule has 0 aliphatic carbocycles. The lowest BCUT2D eigenvalue weighted by atomic mass is 10.1. The number of fused-ring (bicyclic) bond motifs is 1. The minimum Gasteiger partial charge on any atom is -0.477 e. The topological polar surface area (TPSA) is 89.6 Å². The van der Waals surface area contributed by atoms with Crippen molar-refractivity contribution in [2.45, 2.75) is 51.5 Å². The van der Waals surface area contributed by atoms with Crippen LogP contribution in [0.25, 0.3) is 11.2 Å². The molecule has 4 aromatic rings.